The van der Waals surface area contributed by atoms with Crippen LogP contribution in [0.3, 0.4) is 0 Å². The van der Waals surface area contributed by atoms with Crippen molar-refractivity contribution >= 4 is 22.9 Å². The smallest absolute Gasteiger partial charge is 0.256 e. The van der Waals surface area contributed by atoms with Crippen molar-refractivity contribution in [1.29, 1.82) is 0 Å². The van der Waals surface area contributed by atoms with Gasteiger partial charge < -0.3 is 10.2 Å². The van der Waals surface area contributed by atoms with E-state index in [1.165, 1.54) is 18.4 Å². The Morgan fingerprint density at radius 3 is 2.65 bits per heavy atom. The van der Waals surface area contributed by atoms with E-state index in [9.17, 15) is 9.59 Å². The van der Waals surface area contributed by atoms with Crippen LogP contribution in [0.15, 0.2) is 52.8 Å². The number of hydrogen-bond acceptors (Lipinski definition) is 5. The quantitative estimate of drug-likeness (QED) is 0.603. The zero-order valence-electron chi connectivity index (χ0n) is 19.5. The minimum atomic E-state index is -0.152. The fraction of sp³-hybridized carbons (Fsp3) is 0.407. The summed E-state index contributed by atoms with van der Waals surface area (Å²) in [6.07, 6.45) is 9.34. The van der Waals surface area contributed by atoms with Gasteiger partial charge in [-0.15, -0.1) is 0 Å². The molecule has 34 heavy (non-hydrogen) atoms. The normalized spacial score (nSPS) is 20.1. The number of anilines is 1. The Bertz CT molecular complexity index is 1350. The fourth-order valence-corrected chi connectivity index (χ4v) is 5.21. The molecule has 1 aromatic carbocycles. The van der Waals surface area contributed by atoms with E-state index in [1.54, 1.807) is 28.8 Å². The van der Waals surface area contributed by atoms with E-state index >= 15 is 0 Å². The minimum absolute atomic E-state index is 0.0693. The van der Waals surface area contributed by atoms with Crippen LogP contribution < -0.4 is 15.8 Å². The molecule has 7 nitrogen and oxygen atoms in total. The lowest BCUT2D eigenvalue weighted by Crippen LogP contribution is -2.37. The maximum Gasteiger partial charge on any atom is 0.256 e. The summed E-state index contributed by atoms with van der Waals surface area (Å²) in [4.78, 5) is 37.3. The molecular weight excluding hydrogens is 426 g/mol. The number of rotatable bonds is 4. The number of carbonyl (C=O) groups excluding carboxylic acids is 1. The summed E-state index contributed by atoms with van der Waals surface area (Å²) in [6.45, 7) is 3.76. The number of aromatic nitrogens is 3. The topological polar surface area (TPSA) is 80.1 Å². The molecule has 2 aromatic heterocycles. The Morgan fingerprint density at radius 1 is 1.03 bits per heavy atom. The highest BCUT2D eigenvalue weighted by Gasteiger charge is 2.27. The number of piperidine rings is 1. The van der Waals surface area contributed by atoms with Crippen molar-refractivity contribution in [2.75, 3.05) is 18.0 Å². The molecule has 7 heteroatoms. The van der Waals surface area contributed by atoms with Crippen molar-refractivity contribution in [3.05, 3.63) is 69.7 Å². The number of allylic oxidation sites excluding steroid dienone is 1. The van der Waals surface area contributed by atoms with Crippen LogP contribution in [-0.4, -0.2) is 39.6 Å². The molecule has 2 aliphatic carbocycles. The predicted octanol–water partition coefficient (Wildman–Crippen LogP) is 3.92. The SMILES string of the molecule is Cc1nc(N2CCC3CCCC=C3C2)nc2c1ccc(=O)n2-c1ccc(C(=O)NC2CC2)cc1. The Hall–Kier alpha value is -3.48. The third-order valence-corrected chi connectivity index (χ3v) is 7.32. The lowest BCUT2D eigenvalue weighted by molar-refractivity contribution is 0.0951. The van der Waals surface area contributed by atoms with E-state index in [0.717, 1.165) is 49.9 Å². The van der Waals surface area contributed by atoms with Crippen LogP contribution in [0, 0.1) is 12.8 Å². The maximum atomic E-state index is 13.0. The van der Waals surface area contributed by atoms with Gasteiger partial charge in [-0.1, -0.05) is 11.6 Å². The summed E-state index contributed by atoms with van der Waals surface area (Å²) in [5, 5.41) is 3.86. The molecule has 1 atom stereocenters. The predicted molar refractivity (Wildman–Crippen MR) is 133 cm³/mol. The third kappa shape index (κ3) is 3.89. The second kappa shape index (κ2) is 8.38. The summed E-state index contributed by atoms with van der Waals surface area (Å²) in [6, 6.07) is 10.9. The standard InChI is InChI=1S/C27H29N5O2/c1-17-23-12-13-24(33)32(22-10-6-19(7-11-22)26(34)29-21-8-9-21)25(23)30-27(28-17)31-15-14-18-4-2-3-5-20(18)16-31/h5-7,10-13,18,21H,2-4,8-9,14-16H2,1H3,(H,29,34). The molecule has 3 aliphatic rings. The van der Waals surface area contributed by atoms with E-state index in [2.05, 4.69) is 16.3 Å². The average Bonchev–Trinajstić information content (AvgIpc) is 3.67. The van der Waals surface area contributed by atoms with Crippen LogP contribution in [-0.2, 0) is 0 Å². The molecule has 1 unspecified atom stereocenters. The molecule has 1 aliphatic heterocycles. The van der Waals surface area contributed by atoms with E-state index in [0.29, 0.717) is 34.8 Å². The van der Waals surface area contributed by atoms with Crippen LogP contribution in [0.2, 0.25) is 0 Å². The summed E-state index contributed by atoms with van der Waals surface area (Å²) in [5.41, 5.74) is 4.10. The first kappa shape index (κ1) is 21.1. The first-order valence-electron chi connectivity index (χ1n) is 12.3. The van der Waals surface area contributed by atoms with Gasteiger partial charge in [0.15, 0.2) is 5.65 Å². The highest BCUT2D eigenvalue weighted by atomic mass is 16.1. The number of nitrogens with one attached hydrogen (secondary N) is 1. The van der Waals surface area contributed by atoms with E-state index in [4.69, 9.17) is 9.97 Å². The molecule has 1 amide bonds. The molecule has 3 heterocycles. The Kier molecular flexibility index (Phi) is 5.20. The molecule has 2 fully saturated rings. The van der Waals surface area contributed by atoms with Crippen molar-refractivity contribution in [2.45, 2.75) is 51.5 Å². The molecule has 3 aromatic rings. The number of nitrogens with zero attached hydrogens (tertiary/aromatic N) is 4. The van der Waals surface area contributed by atoms with Gasteiger partial charge >= 0.3 is 0 Å². The number of fused-ring (bicyclic) bond motifs is 2. The monoisotopic (exact) mass is 455 g/mol. The molecule has 0 bridgehead atoms. The number of pyridine rings is 1. The van der Waals surface area contributed by atoms with E-state index < -0.39 is 0 Å². The summed E-state index contributed by atoms with van der Waals surface area (Å²) in [7, 11) is 0. The zero-order valence-corrected chi connectivity index (χ0v) is 19.5. The van der Waals surface area contributed by atoms with Gasteiger partial charge in [0.25, 0.3) is 11.5 Å². The average molecular weight is 456 g/mol. The number of amides is 1. The maximum absolute atomic E-state index is 13.0. The minimum Gasteiger partial charge on any atom is -0.349 e. The van der Waals surface area contributed by atoms with Gasteiger partial charge in [0, 0.05) is 36.1 Å². The summed E-state index contributed by atoms with van der Waals surface area (Å²) < 4.78 is 1.63. The second-order valence-electron chi connectivity index (χ2n) is 9.76. The fourth-order valence-electron chi connectivity index (χ4n) is 5.21. The van der Waals surface area contributed by atoms with Crippen molar-refractivity contribution in [3.63, 3.8) is 0 Å². The van der Waals surface area contributed by atoms with E-state index in [1.807, 2.05) is 19.1 Å². The number of benzene rings is 1. The molecule has 6 rings (SSSR count). The van der Waals surface area contributed by atoms with Gasteiger partial charge in [0.05, 0.1) is 11.4 Å². The summed E-state index contributed by atoms with van der Waals surface area (Å²) >= 11 is 0. The van der Waals surface area contributed by atoms with Crippen LogP contribution in [0.4, 0.5) is 5.95 Å². The van der Waals surface area contributed by atoms with Crippen molar-refractivity contribution in [3.8, 4) is 5.69 Å². The zero-order chi connectivity index (χ0) is 23.2. The lowest BCUT2D eigenvalue weighted by atomic mass is 9.82. The summed E-state index contributed by atoms with van der Waals surface area (Å²) in [5.74, 6) is 1.30. The largest absolute Gasteiger partial charge is 0.349 e. The Labute approximate surface area is 198 Å². The second-order valence-corrected chi connectivity index (χ2v) is 9.76. The van der Waals surface area contributed by atoms with Gasteiger partial charge in [-0.25, -0.2) is 4.98 Å². The number of hydrogen-bond donors (Lipinski definition) is 1. The van der Waals surface area contributed by atoms with Crippen molar-refractivity contribution in [2.24, 2.45) is 5.92 Å². The van der Waals surface area contributed by atoms with Gasteiger partial charge in [-0.2, -0.15) is 4.98 Å². The Balaban J connectivity index is 1.38. The molecule has 1 saturated heterocycles. The first-order chi connectivity index (χ1) is 16.6. The molecule has 0 spiro atoms. The van der Waals surface area contributed by atoms with Gasteiger partial charge in [-0.3, -0.25) is 14.2 Å². The molecular formula is C27H29N5O2. The number of aryl methyl sites for hydroxylation is 1. The van der Waals surface area contributed by atoms with Crippen molar-refractivity contribution in [1.82, 2.24) is 19.9 Å². The third-order valence-electron chi connectivity index (χ3n) is 7.32. The molecule has 1 N–H and O–H groups in total. The highest BCUT2D eigenvalue weighted by molar-refractivity contribution is 5.94. The first-order valence-corrected chi connectivity index (χ1v) is 12.3. The van der Waals surface area contributed by atoms with Crippen LogP contribution in [0.5, 0.6) is 0 Å². The molecule has 174 valence electrons. The molecule has 1 saturated carbocycles. The van der Waals surface area contributed by atoms with Crippen LogP contribution in [0.25, 0.3) is 16.7 Å². The molecule has 0 radical (unpaired) electrons. The number of carbonyl (C=O) groups is 1. The van der Waals surface area contributed by atoms with Gasteiger partial charge in [0.1, 0.15) is 0 Å². The van der Waals surface area contributed by atoms with Crippen LogP contribution in [0.1, 0.15) is 54.6 Å². The highest BCUT2D eigenvalue weighted by Crippen LogP contribution is 2.33. The van der Waals surface area contributed by atoms with Gasteiger partial charge in [-0.05, 0) is 81.7 Å². The van der Waals surface area contributed by atoms with Crippen molar-refractivity contribution < 1.29 is 4.79 Å². The van der Waals surface area contributed by atoms with E-state index in [-0.39, 0.29) is 11.5 Å². The Morgan fingerprint density at radius 2 is 1.85 bits per heavy atom. The van der Waals surface area contributed by atoms with Gasteiger partial charge in [0.2, 0.25) is 5.95 Å². The lowest BCUT2D eigenvalue weighted by Gasteiger charge is -2.36. The van der Waals surface area contributed by atoms with Crippen LogP contribution >= 0.6 is 0 Å².